The summed E-state index contributed by atoms with van der Waals surface area (Å²) in [6.07, 6.45) is 1.57. The quantitative estimate of drug-likeness (QED) is 0.749. The fourth-order valence-electron chi connectivity index (χ4n) is 2.85. The van der Waals surface area contributed by atoms with Gasteiger partial charge >= 0.3 is 0 Å². The number of rotatable bonds is 6. The molecule has 1 aliphatic rings. The number of sulfone groups is 2. The van der Waals surface area contributed by atoms with Gasteiger partial charge in [-0.1, -0.05) is 6.08 Å². The third kappa shape index (κ3) is 3.65. The first-order valence-corrected chi connectivity index (χ1v) is 10.9. The van der Waals surface area contributed by atoms with Gasteiger partial charge in [-0.2, -0.15) is 0 Å². The van der Waals surface area contributed by atoms with Crippen LogP contribution in [0.1, 0.15) is 11.1 Å². The average molecular weight is 373 g/mol. The Morgan fingerprint density at radius 1 is 1.29 bits per heavy atom. The Balaban J connectivity index is 2.52. The van der Waals surface area contributed by atoms with E-state index in [-0.39, 0.29) is 22.2 Å². The standard InChI is InChI=1S/C16H23NO5S2/c1-5-6-17-13-9-23(18,19)10-16(13)24(20,21)15-8-12(3)11(2)7-14(15)22-4/h5,7-8,13,16-17H,1,6,9-10H2,2-4H3/t13-,16+/m1/s1. The van der Waals surface area contributed by atoms with Gasteiger partial charge in [0.05, 0.1) is 23.9 Å². The van der Waals surface area contributed by atoms with Crippen LogP contribution in [0.2, 0.25) is 0 Å². The molecule has 0 saturated carbocycles. The van der Waals surface area contributed by atoms with E-state index in [1.807, 2.05) is 13.8 Å². The van der Waals surface area contributed by atoms with Crippen LogP contribution in [-0.4, -0.2) is 53.3 Å². The predicted molar refractivity (Wildman–Crippen MR) is 94.1 cm³/mol. The molecular weight excluding hydrogens is 350 g/mol. The van der Waals surface area contributed by atoms with Crippen LogP contribution in [0.3, 0.4) is 0 Å². The van der Waals surface area contributed by atoms with Crippen LogP contribution < -0.4 is 10.1 Å². The molecule has 0 amide bonds. The topological polar surface area (TPSA) is 89.5 Å². The van der Waals surface area contributed by atoms with Crippen molar-refractivity contribution in [3.63, 3.8) is 0 Å². The summed E-state index contributed by atoms with van der Waals surface area (Å²) in [6, 6.07) is 2.56. The molecule has 0 radical (unpaired) electrons. The lowest BCUT2D eigenvalue weighted by molar-refractivity contribution is 0.401. The Bertz CT molecular complexity index is 843. The van der Waals surface area contributed by atoms with E-state index in [9.17, 15) is 16.8 Å². The van der Waals surface area contributed by atoms with Crippen LogP contribution in [0.5, 0.6) is 5.75 Å². The maximum atomic E-state index is 13.1. The van der Waals surface area contributed by atoms with Gasteiger partial charge in [-0.25, -0.2) is 16.8 Å². The van der Waals surface area contributed by atoms with E-state index in [2.05, 4.69) is 11.9 Å². The summed E-state index contributed by atoms with van der Waals surface area (Å²) in [5, 5.41) is 1.92. The van der Waals surface area contributed by atoms with E-state index in [1.165, 1.54) is 7.11 Å². The molecule has 0 aliphatic carbocycles. The van der Waals surface area contributed by atoms with Crippen molar-refractivity contribution >= 4 is 19.7 Å². The zero-order chi connectivity index (χ0) is 18.1. The van der Waals surface area contributed by atoms with Crippen molar-refractivity contribution in [1.82, 2.24) is 5.32 Å². The van der Waals surface area contributed by atoms with Crippen LogP contribution in [0.25, 0.3) is 0 Å². The fourth-order valence-corrected chi connectivity index (χ4v) is 7.80. The molecule has 0 bridgehead atoms. The lowest BCUT2D eigenvalue weighted by Gasteiger charge is -2.21. The Morgan fingerprint density at radius 3 is 2.50 bits per heavy atom. The number of aryl methyl sites for hydroxylation is 2. The number of nitrogens with one attached hydrogen (secondary N) is 1. The summed E-state index contributed by atoms with van der Waals surface area (Å²) in [5.41, 5.74) is 1.72. The van der Waals surface area contributed by atoms with Crippen molar-refractivity contribution in [3.8, 4) is 5.75 Å². The molecule has 0 aromatic heterocycles. The van der Waals surface area contributed by atoms with E-state index in [1.54, 1.807) is 18.2 Å². The molecule has 2 atom stereocenters. The number of hydrogen-bond acceptors (Lipinski definition) is 6. The van der Waals surface area contributed by atoms with E-state index in [4.69, 9.17) is 4.74 Å². The summed E-state index contributed by atoms with van der Waals surface area (Å²) in [4.78, 5) is 0.0422. The molecule has 1 saturated heterocycles. The first-order valence-electron chi connectivity index (χ1n) is 7.56. The van der Waals surface area contributed by atoms with Gasteiger partial charge in [0, 0.05) is 12.6 Å². The van der Waals surface area contributed by atoms with Crippen LogP contribution in [0.4, 0.5) is 0 Å². The number of hydrogen-bond donors (Lipinski definition) is 1. The van der Waals surface area contributed by atoms with Crippen molar-refractivity contribution in [1.29, 1.82) is 0 Å². The van der Waals surface area contributed by atoms with E-state index in [0.717, 1.165) is 11.1 Å². The van der Waals surface area contributed by atoms with E-state index in [0.29, 0.717) is 6.54 Å². The van der Waals surface area contributed by atoms with Crippen LogP contribution in [0.15, 0.2) is 29.7 Å². The first-order chi connectivity index (χ1) is 11.1. The zero-order valence-electron chi connectivity index (χ0n) is 14.1. The molecule has 2 rings (SSSR count). The van der Waals surface area contributed by atoms with Crippen LogP contribution in [0, 0.1) is 13.8 Å². The second-order valence-corrected chi connectivity index (χ2v) is 10.3. The second kappa shape index (κ2) is 6.85. The Kier molecular flexibility index (Phi) is 5.41. The van der Waals surface area contributed by atoms with Gasteiger partial charge in [-0.3, -0.25) is 0 Å². The largest absolute Gasteiger partial charge is 0.495 e. The molecule has 24 heavy (non-hydrogen) atoms. The van der Waals surface area contributed by atoms with Gasteiger partial charge in [0.1, 0.15) is 10.6 Å². The Morgan fingerprint density at radius 2 is 1.92 bits per heavy atom. The SMILES string of the molecule is C=CCN[C@@H]1CS(=O)(=O)C[C@@H]1S(=O)(=O)c1cc(C)c(C)cc1OC. The van der Waals surface area contributed by atoms with Gasteiger partial charge in [-0.15, -0.1) is 6.58 Å². The zero-order valence-corrected chi connectivity index (χ0v) is 15.7. The Hall–Kier alpha value is -1.38. The minimum absolute atomic E-state index is 0.0422. The normalized spacial score (nSPS) is 23.1. The highest BCUT2D eigenvalue weighted by molar-refractivity contribution is 7.96. The Labute approximate surface area is 143 Å². The summed E-state index contributed by atoms with van der Waals surface area (Å²) >= 11 is 0. The maximum Gasteiger partial charge on any atom is 0.187 e. The molecule has 1 heterocycles. The molecule has 1 fully saturated rings. The summed E-state index contributed by atoms with van der Waals surface area (Å²) in [6.45, 7) is 7.59. The van der Waals surface area contributed by atoms with Crippen LogP contribution >= 0.6 is 0 Å². The van der Waals surface area contributed by atoms with Gasteiger partial charge < -0.3 is 10.1 Å². The van der Waals surface area contributed by atoms with Crippen molar-refractivity contribution in [2.24, 2.45) is 0 Å². The van der Waals surface area contributed by atoms with Crippen molar-refractivity contribution in [2.75, 3.05) is 25.2 Å². The van der Waals surface area contributed by atoms with Gasteiger partial charge in [0.15, 0.2) is 19.7 Å². The van der Waals surface area contributed by atoms with E-state index >= 15 is 0 Å². The van der Waals surface area contributed by atoms with Crippen molar-refractivity contribution < 1.29 is 21.6 Å². The number of benzene rings is 1. The molecule has 134 valence electrons. The smallest absolute Gasteiger partial charge is 0.187 e. The highest BCUT2D eigenvalue weighted by Crippen LogP contribution is 2.33. The monoisotopic (exact) mass is 373 g/mol. The summed E-state index contributed by atoms with van der Waals surface area (Å²) in [7, 11) is -5.89. The molecule has 1 aromatic carbocycles. The lowest BCUT2D eigenvalue weighted by Crippen LogP contribution is -2.43. The second-order valence-electron chi connectivity index (χ2n) is 6.05. The van der Waals surface area contributed by atoms with Crippen molar-refractivity contribution in [2.45, 2.75) is 30.0 Å². The van der Waals surface area contributed by atoms with Gasteiger partial charge in [0.25, 0.3) is 0 Å². The third-order valence-electron chi connectivity index (χ3n) is 4.31. The molecule has 1 aliphatic heterocycles. The highest BCUT2D eigenvalue weighted by Gasteiger charge is 2.46. The lowest BCUT2D eigenvalue weighted by atomic mass is 10.1. The third-order valence-corrected chi connectivity index (χ3v) is 8.48. The van der Waals surface area contributed by atoms with E-state index < -0.39 is 31.0 Å². The summed E-state index contributed by atoms with van der Waals surface area (Å²) in [5.74, 6) is -0.345. The number of methoxy groups -OCH3 is 1. The molecular formula is C16H23NO5S2. The molecule has 8 heteroatoms. The highest BCUT2D eigenvalue weighted by atomic mass is 32.2. The average Bonchev–Trinajstić information content (AvgIpc) is 2.83. The molecule has 1 N–H and O–H groups in total. The summed E-state index contributed by atoms with van der Waals surface area (Å²) < 4.78 is 55.5. The maximum absolute atomic E-state index is 13.1. The van der Waals surface area contributed by atoms with Crippen molar-refractivity contribution in [3.05, 3.63) is 35.9 Å². The van der Waals surface area contributed by atoms with Gasteiger partial charge in [0.2, 0.25) is 0 Å². The fraction of sp³-hybridized carbons (Fsp3) is 0.500. The minimum atomic E-state index is -3.87. The number of ether oxygens (including phenoxy) is 1. The molecule has 6 nitrogen and oxygen atoms in total. The molecule has 0 spiro atoms. The van der Waals surface area contributed by atoms with Gasteiger partial charge in [-0.05, 0) is 37.1 Å². The van der Waals surface area contributed by atoms with Crippen LogP contribution in [-0.2, 0) is 19.7 Å². The molecule has 0 unspecified atom stereocenters. The predicted octanol–water partition coefficient (Wildman–Crippen LogP) is 1.03. The first kappa shape index (κ1) is 19.0. The molecule has 1 aromatic rings. The minimum Gasteiger partial charge on any atom is -0.495 e.